The molecular weight excluding hydrogens is 314 g/mol. The van der Waals surface area contributed by atoms with Crippen molar-refractivity contribution >= 4 is 6.09 Å². The van der Waals surface area contributed by atoms with Gasteiger partial charge in [-0.2, -0.15) is 0 Å². The molecule has 126 valence electrons. The quantitative estimate of drug-likeness (QED) is 0.733. The van der Waals surface area contributed by atoms with Gasteiger partial charge in [-0.05, 0) is 22.8 Å². The largest absolute Gasteiger partial charge is 0.445 e. The molecule has 1 amide bonds. The molecule has 1 aliphatic heterocycles. The first-order valence-corrected chi connectivity index (χ1v) is 8.25. The van der Waals surface area contributed by atoms with Crippen LogP contribution in [0.25, 0.3) is 11.3 Å². The highest BCUT2D eigenvalue weighted by Crippen LogP contribution is 2.28. The molecule has 0 radical (unpaired) electrons. The van der Waals surface area contributed by atoms with Crippen molar-refractivity contribution in [2.24, 2.45) is 7.05 Å². The highest BCUT2D eigenvalue weighted by atomic mass is 16.6. The van der Waals surface area contributed by atoms with E-state index in [2.05, 4.69) is 23.2 Å². The topological polar surface area (TPSA) is 47.4 Å². The smallest absolute Gasteiger partial charge is 0.410 e. The van der Waals surface area contributed by atoms with Gasteiger partial charge >= 0.3 is 6.09 Å². The van der Waals surface area contributed by atoms with Gasteiger partial charge in [-0.25, -0.2) is 9.78 Å². The summed E-state index contributed by atoms with van der Waals surface area (Å²) in [6.45, 7) is 1.46. The van der Waals surface area contributed by atoms with Gasteiger partial charge in [0.1, 0.15) is 6.61 Å². The molecule has 0 bridgehead atoms. The second-order valence-electron chi connectivity index (χ2n) is 6.30. The van der Waals surface area contributed by atoms with Crippen LogP contribution in [0.4, 0.5) is 4.79 Å². The Morgan fingerprint density at radius 1 is 1.12 bits per heavy atom. The first-order chi connectivity index (χ1) is 12.2. The lowest BCUT2D eigenvalue weighted by Crippen LogP contribution is -2.25. The molecule has 1 aliphatic rings. The summed E-state index contributed by atoms with van der Waals surface area (Å²) in [5.74, 6) is 0. The van der Waals surface area contributed by atoms with Gasteiger partial charge in [0.05, 0.1) is 12.0 Å². The van der Waals surface area contributed by atoms with Crippen LogP contribution in [0.3, 0.4) is 0 Å². The second kappa shape index (κ2) is 6.43. The van der Waals surface area contributed by atoms with Crippen LogP contribution in [0.2, 0.25) is 0 Å². The van der Waals surface area contributed by atoms with Crippen molar-refractivity contribution in [1.29, 1.82) is 0 Å². The summed E-state index contributed by atoms with van der Waals surface area (Å²) in [4.78, 5) is 18.5. The van der Waals surface area contributed by atoms with E-state index in [0.717, 1.165) is 27.9 Å². The Morgan fingerprint density at radius 2 is 1.92 bits per heavy atom. The molecule has 3 aromatic rings. The number of fused-ring (bicyclic) bond motifs is 1. The van der Waals surface area contributed by atoms with Crippen molar-refractivity contribution in [1.82, 2.24) is 14.5 Å². The summed E-state index contributed by atoms with van der Waals surface area (Å²) in [5, 5.41) is 0. The predicted octanol–water partition coefficient (Wildman–Crippen LogP) is 3.74. The SMILES string of the molecule is Cn1cnc(-c2ccc3c(c2)CN(C(=O)OCc2ccccc2)C3)c1. The zero-order valence-electron chi connectivity index (χ0n) is 14.1. The van der Waals surface area contributed by atoms with Crippen LogP contribution in [0.1, 0.15) is 16.7 Å². The maximum atomic E-state index is 12.3. The van der Waals surface area contributed by atoms with E-state index in [1.807, 2.05) is 48.1 Å². The average Bonchev–Trinajstić information content (AvgIpc) is 3.26. The zero-order valence-corrected chi connectivity index (χ0v) is 14.1. The van der Waals surface area contributed by atoms with E-state index in [1.54, 1.807) is 11.2 Å². The molecule has 0 saturated heterocycles. The maximum absolute atomic E-state index is 12.3. The molecule has 25 heavy (non-hydrogen) atoms. The monoisotopic (exact) mass is 333 g/mol. The van der Waals surface area contributed by atoms with Crippen molar-refractivity contribution in [2.45, 2.75) is 19.7 Å². The minimum Gasteiger partial charge on any atom is -0.445 e. The number of nitrogens with zero attached hydrogens (tertiary/aromatic N) is 3. The molecule has 5 nitrogen and oxygen atoms in total. The average molecular weight is 333 g/mol. The van der Waals surface area contributed by atoms with Crippen LogP contribution in [0.15, 0.2) is 61.1 Å². The van der Waals surface area contributed by atoms with Crippen molar-refractivity contribution < 1.29 is 9.53 Å². The van der Waals surface area contributed by atoms with Gasteiger partial charge in [0.15, 0.2) is 0 Å². The van der Waals surface area contributed by atoms with Crippen LogP contribution < -0.4 is 0 Å². The molecule has 0 saturated carbocycles. The van der Waals surface area contributed by atoms with E-state index in [0.29, 0.717) is 19.7 Å². The second-order valence-corrected chi connectivity index (χ2v) is 6.30. The Hall–Kier alpha value is -3.08. The third-order valence-electron chi connectivity index (χ3n) is 4.39. The summed E-state index contributed by atoms with van der Waals surface area (Å²) in [5.41, 5.74) is 5.32. The summed E-state index contributed by atoms with van der Waals surface area (Å²) in [6.07, 6.45) is 3.50. The predicted molar refractivity (Wildman–Crippen MR) is 94.5 cm³/mol. The summed E-state index contributed by atoms with van der Waals surface area (Å²) < 4.78 is 7.36. The number of benzene rings is 2. The third kappa shape index (κ3) is 3.26. The Balaban J connectivity index is 1.43. The lowest BCUT2D eigenvalue weighted by Gasteiger charge is -2.15. The number of aryl methyl sites for hydroxylation is 1. The molecule has 4 rings (SSSR count). The fraction of sp³-hybridized carbons (Fsp3) is 0.200. The summed E-state index contributed by atoms with van der Waals surface area (Å²) in [7, 11) is 1.95. The zero-order chi connectivity index (χ0) is 17.2. The molecule has 0 atom stereocenters. The standard InChI is InChI=1S/C20H19N3O2/c1-22-12-19(21-14-22)16-7-8-17-10-23(11-18(17)9-16)20(24)25-13-15-5-3-2-4-6-15/h2-9,12,14H,10-11,13H2,1H3. The van der Waals surface area contributed by atoms with Gasteiger partial charge in [0.2, 0.25) is 0 Å². The number of imidazole rings is 1. The van der Waals surface area contributed by atoms with Crippen LogP contribution in [-0.2, 0) is 31.5 Å². The molecule has 0 spiro atoms. The first-order valence-electron chi connectivity index (χ1n) is 8.25. The van der Waals surface area contributed by atoms with E-state index in [-0.39, 0.29) is 6.09 Å². The van der Waals surface area contributed by atoms with Crippen LogP contribution in [0, 0.1) is 0 Å². The van der Waals surface area contributed by atoms with Crippen molar-refractivity contribution in [2.75, 3.05) is 0 Å². The molecule has 2 heterocycles. The van der Waals surface area contributed by atoms with E-state index < -0.39 is 0 Å². The van der Waals surface area contributed by atoms with Crippen molar-refractivity contribution in [3.8, 4) is 11.3 Å². The first kappa shape index (κ1) is 15.4. The number of amides is 1. The maximum Gasteiger partial charge on any atom is 0.410 e. The van der Waals surface area contributed by atoms with Crippen molar-refractivity contribution in [3.63, 3.8) is 0 Å². The molecule has 2 aromatic carbocycles. The molecule has 5 heteroatoms. The molecular formula is C20H19N3O2. The van der Waals surface area contributed by atoms with Gasteiger partial charge in [-0.15, -0.1) is 0 Å². The molecule has 0 N–H and O–H groups in total. The van der Waals surface area contributed by atoms with Gasteiger partial charge in [0, 0.05) is 31.9 Å². The summed E-state index contributed by atoms with van der Waals surface area (Å²) >= 11 is 0. The number of hydrogen-bond donors (Lipinski definition) is 0. The van der Waals surface area contributed by atoms with E-state index in [1.165, 1.54) is 0 Å². The van der Waals surface area contributed by atoms with Gasteiger partial charge in [-0.1, -0.05) is 42.5 Å². The van der Waals surface area contributed by atoms with E-state index >= 15 is 0 Å². The molecule has 0 fully saturated rings. The Bertz CT molecular complexity index is 902. The van der Waals surface area contributed by atoms with Crippen molar-refractivity contribution in [3.05, 3.63) is 77.7 Å². The number of carbonyl (C=O) groups is 1. The van der Waals surface area contributed by atoms with Gasteiger partial charge < -0.3 is 9.30 Å². The van der Waals surface area contributed by atoms with Crippen LogP contribution >= 0.6 is 0 Å². The lowest BCUT2D eigenvalue weighted by atomic mass is 10.1. The van der Waals surface area contributed by atoms with Gasteiger partial charge in [0.25, 0.3) is 0 Å². The lowest BCUT2D eigenvalue weighted by molar-refractivity contribution is 0.0955. The number of hydrogen-bond acceptors (Lipinski definition) is 3. The number of rotatable bonds is 3. The fourth-order valence-corrected chi connectivity index (χ4v) is 3.06. The summed E-state index contributed by atoms with van der Waals surface area (Å²) in [6, 6.07) is 16.0. The minimum atomic E-state index is -0.278. The Kier molecular flexibility index (Phi) is 3.98. The Morgan fingerprint density at radius 3 is 2.68 bits per heavy atom. The number of ether oxygens (including phenoxy) is 1. The third-order valence-corrected chi connectivity index (χ3v) is 4.39. The normalized spacial score (nSPS) is 12.9. The highest BCUT2D eigenvalue weighted by molar-refractivity contribution is 5.70. The minimum absolute atomic E-state index is 0.278. The fourth-order valence-electron chi connectivity index (χ4n) is 3.06. The molecule has 0 unspecified atom stereocenters. The molecule has 1 aromatic heterocycles. The van der Waals surface area contributed by atoms with Gasteiger partial charge in [-0.3, -0.25) is 4.90 Å². The van der Waals surface area contributed by atoms with Crippen LogP contribution in [0.5, 0.6) is 0 Å². The van der Waals surface area contributed by atoms with Crippen LogP contribution in [-0.4, -0.2) is 20.5 Å². The number of carbonyl (C=O) groups excluding carboxylic acids is 1. The van der Waals surface area contributed by atoms with E-state index in [9.17, 15) is 4.79 Å². The Labute approximate surface area is 146 Å². The number of aromatic nitrogens is 2. The van der Waals surface area contributed by atoms with E-state index in [4.69, 9.17) is 4.74 Å². The molecule has 0 aliphatic carbocycles. The highest BCUT2D eigenvalue weighted by Gasteiger charge is 2.25.